The Hall–Kier alpha value is -2.60. The Kier molecular flexibility index (Phi) is 6.75. The molecule has 0 aliphatic carbocycles. The number of methoxy groups -OCH3 is 5. The lowest BCUT2D eigenvalue weighted by atomic mass is 9.88. The minimum atomic E-state index is 0.303. The van der Waals surface area contributed by atoms with Crippen LogP contribution in [0.1, 0.15) is 29.2 Å². The quantitative estimate of drug-likeness (QED) is 0.669. The van der Waals surface area contributed by atoms with Gasteiger partial charge in [-0.1, -0.05) is 0 Å². The first-order chi connectivity index (χ1) is 14.1. The molecular formula is C23H31NO5. The Morgan fingerprint density at radius 2 is 1.38 bits per heavy atom. The molecule has 3 rings (SSSR count). The molecule has 0 bridgehead atoms. The highest BCUT2D eigenvalue weighted by atomic mass is 16.5. The van der Waals surface area contributed by atoms with Crippen LogP contribution < -0.4 is 23.7 Å². The fraction of sp³-hybridized carbons (Fsp3) is 0.478. The van der Waals surface area contributed by atoms with E-state index in [9.17, 15) is 0 Å². The Morgan fingerprint density at radius 1 is 0.793 bits per heavy atom. The Morgan fingerprint density at radius 3 is 1.93 bits per heavy atom. The lowest BCUT2D eigenvalue weighted by Crippen LogP contribution is -2.32. The number of rotatable bonds is 8. The Bertz CT molecular complexity index is 826. The van der Waals surface area contributed by atoms with Gasteiger partial charge in [-0.15, -0.1) is 0 Å². The van der Waals surface area contributed by atoms with Crippen molar-refractivity contribution in [3.63, 3.8) is 0 Å². The summed E-state index contributed by atoms with van der Waals surface area (Å²) in [6.07, 6.45) is 2.87. The molecule has 0 radical (unpaired) electrons. The number of hydrogen-bond donors (Lipinski definition) is 0. The minimum Gasteiger partial charge on any atom is -0.493 e. The lowest BCUT2D eigenvalue weighted by molar-refractivity contribution is 0.218. The topological polar surface area (TPSA) is 49.4 Å². The molecule has 6 nitrogen and oxygen atoms in total. The zero-order chi connectivity index (χ0) is 21.0. The summed E-state index contributed by atoms with van der Waals surface area (Å²) in [7, 11) is 10.5. The molecule has 0 saturated carbocycles. The predicted molar refractivity (Wildman–Crippen MR) is 113 cm³/mol. The first-order valence-electron chi connectivity index (χ1n) is 9.80. The van der Waals surface area contributed by atoms with Crippen LogP contribution in [0.25, 0.3) is 0 Å². The van der Waals surface area contributed by atoms with E-state index in [1.165, 1.54) is 11.1 Å². The van der Waals surface area contributed by atoms with E-state index in [0.29, 0.717) is 23.3 Å². The lowest BCUT2D eigenvalue weighted by Gasteiger charge is -2.35. The van der Waals surface area contributed by atoms with Crippen LogP contribution >= 0.6 is 0 Å². The van der Waals surface area contributed by atoms with Crippen LogP contribution in [0.15, 0.2) is 24.3 Å². The van der Waals surface area contributed by atoms with Gasteiger partial charge in [0.05, 0.1) is 35.5 Å². The van der Waals surface area contributed by atoms with E-state index in [1.807, 2.05) is 12.1 Å². The Labute approximate surface area is 173 Å². The third-order valence-corrected chi connectivity index (χ3v) is 5.70. The average Bonchev–Trinajstić information content (AvgIpc) is 2.76. The van der Waals surface area contributed by atoms with Crippen molar-refractivity contribution in [2.45, 2.75) is 25.3 Å². The molecule has 1 unspecified atom stereocenters. The van der Waals surface area contributed by atoms with Gasteiger partial charge in [-0.2, -0.15) is 0 Å². The molecule has 0 amide bonds. The molecule has 1 aliphatic rings. The molecule has 2 aromatic carbocycles. The van der Waals surface area contributed by atoms with Crippen molar-refractivity contribution in [1.29, 1.82) is 0 Å². The standard InChI is InChI=1S/C23H31NO5/c1-24-10-9-16-13-19(25-2)20(26-3)14-17(16)18(24)8-7-15-11-21(27-4)23(29-6)22(12-15)28-5/h11-14,18H,7-10H2,1-6H3. The summed E-state index contributed by atoms with van der Waals surface area (Å²) in [5, 5.41) is 0. The van der Waals surface area contributed by atoms with Gasteiger partial charge in [-0.05, 0) is 67.3 Å². The number of benzene rings is 2. The summed E-state index contributed by atoms with van der Waals surface area (Å²) in [6, 6.07) is 8.61. The summed E-state index contributed by atoms with van der Waals surface area (Å²) in [4.78, 5) is 2.41. The first-order valence-corrected chi connectivity index (χ1v) is 9.80. The number of hydrogen-bond acceptors (Lipinski definition) is 6. The molecule has 1 aliphatic heterocycles. The zero-order valence-corrected chi connectivity index (χ0v) is 18.2. The zero-order valence-electron chi connectivity index (χ0n) is 18.2. The van der Waals surface area contributed by atoms with Crippen molar-refractivity contribution in [2.75, 3.05) is 49.1 Å². The number of nitrogens with zero attached hydrogens (tertiary/aromatic N) is 1. The number of aryl methyl sites for hydroxylation is 1. The summed E-state index contributed by atoms with van der Waals surface area (Å²) >= 11 is 0. The van der Waals surface area contributed by atoms with E-state index in [1.54, 1.807) is 35.5 Å². The van der Waals surface area contributed by atoms with Crippen molar-refractivity contribution in [2.24, 2.45) is 0 Å². The van der Waals surface area contributed by atoms with Crippen LogP contribution in [-0.2, 0) is 12.8 Å². The maximum absolute atomic E-state index is 5.54. The van der Waals surface area contributed by atoms with E-state index in [-0.39, 0.29) is 0 Å². The molecule has 158 valence electrons. The van der Waals surface area contributed by atoms with Gasteiger partial charge in [-0.25, -0.2) is 0 Å². The molecule has 0 N–H and O–H groups in total. The monoisotopic (exact) mass is 401 g/mol. The second-order valence-corrected chi connectivity index (χ2v) is 7.22. The number of ether oxygens (including phenoxy) is 5. The summed E-state index contributed by atoms with van der Waals surface area (Å²) in [6.45, 7) is 1.02. The maximum Gasteiger partial charge on any atom is 0.203 e. The van der Waals surface area contributed by atoms with Crippen molar-refractivity contribution >= 4 is 0 Å². The molecule has 6 heteroatoms. The molecule has 0 fully saturated rings. The van der Waals surface area contributed by atoms with Crippen LogP contribution in [0, 0.1) is 0 Å². The second-order valence-electron chi connectivity index (χ2n) is 7.22. The van der Waals surface area contributed by atoms with Gasteiger partial charge in [-0.3, -0.25) is 4.90 Å². The van der Waals surface area contributed by atoms with Crippen molar-refractivity contribution in [3.05, 3.63) is 41.0 Å². The highest BCUT2D eigenvalue weighted by Crippen LogP contribution is 2.41. The van der Waals surface area contributed by atoms with Crippen molar-refractivity contribution < 1.29 is 23.7 Å². The highest BCUT2D eigenvalue weighted by Gasteiger charge is 2.27. The number of likely N-dealkylation sites (N-methyl/N-ethyl adjacent to an activating group) is 1. The normalized spacial score (nSPS) is 16.1. The summed E-state index contributed by atoms with van der Waals surface area (Å²) in [5.74, 6) is 3.56. The largest absolute Gasteiger partial charge is 0.493 e. The summed E-state index contributed by atoms with van der Waals surface area (Å²) in [5.41, 5.74) is 3.79. The maximum atomic E-state index is 5.54. The van der Waals surface area contributed by atoms with Gasteiger partial charge in [0.2, 0.25) is 5.75 Å². The molecule has 1 heterocycles. The van der Waals surface area contributed by atoms with Crippen molar-refractivity contribution in [3.8, 4) is 28.7 Å². The van der Waals surface area contributed by atoms with E-state index in [2.05, 4.69) is 24.1 Å². The van der Waals surface area contributed by atoms with Crippen LogP contribution in [0.3, 0.4) is 0 Å². The van der Waals surface area contributed by atoms with Crippen LogP contribution in [0.4, 0.5) is 0 Å². The van der Waals surface area contributed by atoms with E-state index in [0.717, 1.165) is 42.9 Å². The molecule has 1 atom stereocenters. The third kappa shape index (κ3) is 4.22. The molecule has 0 spiro atoms. The SMILES string of the molecule is COc1cc2c(cc1OC)C(CCc1cc(OC)c(OC)c(OC)c1)N(C)CC2. The number of fused-ring (bicyclic) bond motifs is 1. The minimum absolute atomic E-state index is 0.303. The van der Waals surface area contributed by atoms with Crippen LogP contribution in [-0.4, -0.2) is 54.0 Å². The average molecular weight is 402 g/mol. The predicted octanol–water partition coefficient (Wildman–Crippen LogP) is 3.89. The van der Waals surface area contributed by atoms with E-state index in [4.69, 9.17) is 23.7 Å². The Balaban J connectivity index is 1.88. The fourth-order valence-corrected chi connectivity index (χ4v) is 4.11. The van der Waals surface area contributed by atoms with Gasteiger partial charge in [0.25, 0.3) is 0 Å². The van der Waals surface area contributed by atoms with Gasteiger partial charge in [0.1, 0.15) is 0 Å². The smallest absolute Gasteiger partial charge is 0.203 e. The van der Waals surface area contributed by atoms with Crippen molar-refractivity contribution in [1.82, 2.24) is 4.90 Å². The van der Waals surface area contributed by atoms with E-state index >= 15 is 0 Å². The molecule has 0 saturated heterocycles. The van der Waals surface area contributed by atoms with E-state index < -0.39 is 0 Å². The molecule has 29 heavy (non-hydrogen) atoms. The molecule has 2 aromatic rings. The molecular weight excluding hydrogens is 370 g/mol. The third-order valence-electron chi connectivity index (χ3n) is 5.70. The van der Waals surface area contributed by atoms with Gasteiger partial charge in [0.15, 0.2) is 23.0 Å². The van der Waals surface area contributed by atoms with Crippen LogP contribution in [0.2, 0.25) is 0 Å². The van der Waals surface area contributed by atoms with Gasteiger partial charge in [0, 0.05) is 12.6 Å². The summed E-state index contributed by atoms with van der Waals surface area (Å²) < 4.78 is 27.5. The van der Waals surface area contributed by atoms with Gasteiger partial charge >= 0.3 is 0 Å². The highest BCUT2D eigenvalue weighted by molar-refractivity contribution is 5.54. The van der Waals surface area contributed by atoms with Crippen LogP contribution in [0.5, 0.6) is 28.7 Å². The van der Waals surface area contributed by atoms with Gasteiger partial charge < -0.3 is 23.7 Å². The molecule has 0 aromatic heterocycles. The fourth-order valence-electron chi connectivity index (χ4n) is 4.11. The second kappa shape index (κ2) is 9.27. The first kappa shape index (κ1) is 21.1.